The Labute approximate surface area is 121 Å². The van der Waals surface area contributed by atoms with Gasteiger partial charge in [0.05, 0.1) is 24.6 Å². The number of nitrogens with zero attached hydrogens (tertiary/aromatic N) is 2. The molecule has 2 aliphatic rings. The van der Waals surface area contributed by atoms with E-state index in [1.165, 1.54) is 0 Å². The summed E-state index contributed by atoms with van der Waals surface area (Å²) in [4.78, 5) is 28.3. The van der Waals surface area contributed by atoms with E-state index < -0.39 is 0 Å². The molecule has 0 saturated carbocycles. The second kappa shape index (κ2) is 6.12. The molecule has 0 radical (unpaired) electrons. The van der Waals surface area contributed by atoms with Gasteiger partial charge in [0.1, 0.15) is 0 Å². The molecule has 2 amide bonds. The minimum Gasteiger partial charge on any atom is -0.384 e. The van der Waals surface area contributed by atoms with Crippen LogP contribution < -0.4 is 0 Å². The number of carbonyl (C=O) groups excluding carboxylic acids is 2. The number of piperidine rings is 1. The molecule has 2 fully saturated rings. The van der Waals surface area contributed by atoms with Crippen LogP contribution in [0.4, 0.5) is 0 Å². The van der Waals surface area contributed by atoms with Crippen LogP contribution in [0.25, 0.3) is 0 Å². The fourth-order valence-corrected chi connectivity index (χ4v) is 3.63. The molecule has 2 heterocycles. The lowest BCUT2D eigenvalue weighted by Crippen LogP contribution is -2.64. The first-order valence-electron chi connectivity index (χ1n) is 7.56. The second-order valence-corrected chi connectivity index (χ2v) is 6.15. The molecule has 2 rings (SSSR count). The number of amides is 2. The maximum Gasteiger partial charge on any atom is 0.225 e. The predicted molar refractivity (Wildman–Crippen MR) is 76.3 cm³/mol. The zero-order chi connectivity index (χ0) is 14.8. The topological polar surface area (TPSA) is 49.9 Å². The van der Waals surface area contributed by atoms with Crippen molar-refractivity contribution in [3.8, 4) is 0 Å². The Morgan fingerprint density at radius 2 is 2.20 bits per heavy atom. The van der Waals surface area contributed by atoms with Crippen molar-refractivity contribution in [2.75, 3.05) is 27.3 Å². The maximum absolute atomic E-state index is 12.4. The Kier molecular flexibility index (Phi) is 4.68. The second-order valence-electron chi connectivity index (χ2n) is 6.15. The molecule has 0 bridgehead atoms. The van der Waals surface area contributed by atoms with Crippen LogP contribution in [0.15, 0.2) is 0 Å². The molecule has 0 aromatic carbocycles. The minimum atomic E-state index is -0.214. The number of hydrogen-bond donors (Lipinski definition) is 0. The third kappa shape index (κ3) is 2.68. The number of carbonyl (C=O) groups is 2. The first kappa shape index (κ1) is 15.3. The van der Waals surface area contributed by atoms with Crippen molar-refractivity contribution in [2.24, 2.45) is 0 Å². The van der Waals surface area contributed by atoms with E-state index >= 15 is 0 Å². The summed E-state index contributed by atoms with van der Waals surface area (Å²) in [5.74, 6) is 0.364. The lowest BCUT2D eigenvalue weighted by molar-refractivity contribution is -0.151. The van der Waals surface area contributed by atoms with E-state index in [0.717, 1.165) is 32.2 Å². The molecule has 2 saturated heterocycles. The van der Waals surface area contributed by atoms with E-state index in [0.29, 0.717) is 19.4 Å². The van der Waals surface area contributed by atoms with Crippen molar-refractivity contribution < 1.29 is 14.3 Å². The van der Waals surface area contributed by atoms with E-state index in [-0.39, 0.29) is 23.4 Å². The molecule has 0 spiro atoms. The third-order valence-corrected chi connectivity index (χ3v) is 5.04. The molecule has 0 aromatic rings. The molecule has 0 unspecified atom stereocenters. The van der Waals surface area contributed by atoms with Crippen molar-refractivity contribution in [3.63, 3.8) is 0 Å². The Hall–Kier alpha value is -1.10. The molecule has 20 heavy (non-hydrogen) atoms. The number of ether oxygens (including phenoxy) is 1. The zero-order valence-electron chi connectivity index (χ0n) is 12.9. The molecule has 0 N–H and O–H groups in total. The molecule has 5 heteroatoms. The highest BCUT2D eigenvalue weighted by Gasteiger charge is 2.48. The Balaban J connectivity index is 2.21. The van der Waals surface area contributed by atoms with E-state index in [4.69, 9.17) is 4.74 Å². The Morgan fingerprint density at radius 1 is 1.45 bits per heavy atom. The van der Waals surface area contributed by atoms with Gasteiger partial charge in [0, 0.05) is 27.1 Å². The molecule has 2 atom stereocenters. The van der Waals surface area contributed by atoms with Crippen molar-refractivity contribution in [2.45, 2.75) is 57.0 Å². The van der Waals surface area contributed by atoms with Crippen LogP contribution in [-0.2, 0) is 14.3 Å². The SMILES string of the molecule is COCCC(=O)N1CCCC[C@@]2(C)[C@@H]1CCC(=O)N2C. The summed E-state index contributed by atoms with van der Waals surface area (Å²) in [5.41, 5.74) is -0.214. The largest absolute Gasteiger partial charge is 0.384 e. The Bertz CT molecular complexity index is 385. The van der Waals surface area contributed by atoms with Gasteiger partial charge in [0.2, 0.25) is 11.8 Å². The smallest absolute Gasteiger partial charge is 0.225 e. The highest BCUT2D eigenvalue weighted by atomic mass is 16.5. The molecule has 2 aliphatic heterocycles. The molecular formula is C15H26N2O3. The normalized spacial score (nSPS) is 30.9. The summed E-state index contributed by atoms with van der Waals surface area (Å²) < 4.78 is 5.02. The Morgan fingerprint density at radius 3 is 2.90 bits per heavy atom. The van der Waals surface area contributed by atoms with Gasteiger partial charge in [-0.2, -0.15) is 0 Å². The van der Waals surface area contributed by atoms with Crippen LogP contribution in [0, 0.1) is 0 Å². The van der Waals surface area contributed by atoms with E-state index in [2.05, 4.69) is 6.92 Å². The van der Waals surface area contributed by atoms with Gasteiger partial charge in [-0.1, -0.05) is 0 Å². The summed E-state index contributed by atoms with van der Waals surface area (Å²) in [6.07, 6.45) is 4.84. The van der Waals surface area contributed by atoms with Crippen molar-refractivity contribution >= 4 is 11.8 Å². The lowest BCUT2D eigenvalue weighted by atomic mass is 9.79. The average molecular weight is 282 g/mol. The molecular weight excluding hydrogens is 256 g/mol. The van der Waals surface area contributed by atoms with Crippen molar-refractivity contribution in [1.82, 2.24) is 9.80 Å². The monoisotopic (exact) mass is 282 g/mol. The molecule has 0 aromatic heterocycles. The quantitative estimate of drug-likeness (QED) is 0.786. The first-order chi connectivity index (χ1) is 9.50. The maximum atomic E-state index is 12.4. The van der Waals surface area contributed by atoms with Crippen LogP contribution >= 0.6 is 0 Å². The van der Waals surface area contributed by atoms with Gasteiger partial charge in [0.25, 0.3) is 0 Å². The number of likely N-dealkylation sites (N-methyl/N-ethyl adjacent to an activating group) is 1. The number of fused-ring (bicyclic) bond motifs is 1. The van der Waals surface area contributed by atoms with Crippen LogP contribution in [0.1, 0.15) is 45.4 Å². The van der Waals surface area contributed by atoms with E-state index in [1.807, 2.05) is 16.8 Å². The zero-order valence-corrected chi connectivity index (χ0v) is 12.9. The van der Waals surface area contributed by atoms with Gasteiger partial charge in [-0.3, -0.25) is 9.59 Å². The molecule has 114 valence electrons. The van der Waals surface area contributed by atoms with Crippen LogP contribution in [-0.4, -0.2) is 60.5 Å². The predicted octanol–water partition coefficient (Wildman–Crippen LogP) is 1.41. The van der Waals surface area contributed by atoms with Gasteiger partial charge in [-0.05, 0) is 32.6 Å². The summed E-state index contributed by atoms with van der Waals surface area (Å²) >= 11 is 0. The summed E-state index contributed by atoms with van der Waals surface area (Å²) in [6, 6.07) is 0.150. The van der Waals surface area contributed by atoms with E-state index in [1.54, 1.807) is 7.11 Å². The van der Waals surface area contributed by atoms with Gasteiger partial charge in [-0.15, -0.1) is 0 Å². The summed E-state index contributed by atoms with van der Waals surface area (Å²) in [6.45, 7) is 3.41. The highest BCUT2D eigenvalue weighted by Crippen LogP contribution is 2.38. The van der Waals surface area contributed by atoms with E-state index in [9.17, 15) is 9.59 Å². The van der Waals surface area contributed by atoms with Crippen LogP contribution in [0.2, 0.25) is 0 Å². The first-order valence-corrected chi connectivity index (χ1v) is 7.56. The third-order valence-electron chi connectivity index (χ3n) is 5.04. The fraction of sp³-hybridized carbons (Fsp3) is 0.867. The summed E-state index contributed by atoms with van der Waals surface area (Å²) in [7, 11) is 3.50. The number of methoxy groups -OCH3 is 1. The standard InChI is InChI=1S/C15H26N2O3/c1-15-9-4-5-10-17(14(19)8-11-20-3)12(15)6-7-13(18)16(15)2/h12H,4-11H2,1-3H3/t12-,15-/m0/s1. The molecule has 5 nitrogen and oxygen atoms in total. The summed E-state index contributed by atoms with van der Waals surface area (Å²) in [5, 5.41) is 0. The van der Waals surface area contributed by atoms with Gasteiger partial charge in [-0.25, -0.2) is 0 Å². The van der Waals surface area contributed by atoms with Gasteiger partial charge < -0.3 is 14.5 Å². The number of likely N-dealkylation sites (tertiary alicyclic amines) is 2. The lowest BCUT2D eigenvalue weighted by Gasteiger charge is -2.51. The van der Waals surface area contributed by atoms with Crippen molar-refractivity contribution in [3.05, 3.63) is 0 Å². The van der Waals surface area contributed by atoms with Crippen LogP contribution in [0.5, 0.6) is 0 Å². The minimum absolute atomic E-state index is 0.150. The van der Waals surface area contributed by atoms with Gasteiger partial charge >= 0.3 is 0 Å². The number of hydrogen-bond acceptors (Lipinski definition) is 3. The number of rotatable bonds is 3. The highest BCUT2D eigenvalue weighted by molar-refractivity contribution is 5.80. The average Bonchev–Trinajstić information content (AvgIpc) is 2.61. The van der Waals surface area contributed by atoms with Gasteiger partial charge in [0.15, 0.2) is 0 Å². The molecule has 0 aliphatic carbocycles. The fourth-order valence-electron chi connectivity index (χ4n) is 3.63. The van der Waals surface area contributed by atoms with Crippen molar-refractivity contribution in [1.29, 1.82) is 0 Å². The van der Waals surface area contributed by atoms with Crippen LogP contribution in [0.3, 0.4) is 0 Å².